The second-order valence-corrected chi connectivity index (χ2v) is 3.02. The summed E-state index contributed by atoms with van der Waals surface area (Å²) in [6.45, 7) is 0.972. The van der Waals surface area contributed by atoms with Crippen LogP contribution in [0.3, 0.4) is 0 Å². The lowest BCUT2D eigenvalue weighted by Gasteiger charge is -2.16. The summed E-state index contributed by atoms with van der Waals surface area (Å²) in [7, 11) is 0. The van der Waals surface area contributed by atoms with E-state index in [0.29, 0.717) is 5.69 Å². The minimum atomic E-state index is 0.677. The second-order valence-electron chi connectivity index (χ2n) is 3.02. The molecule has 0 saturated carbocycles. The number of nitrogens with zero attached hydrogens (tertiary/aromatic N) is 2. The molecule has 0 bridgehead atoms. The molecule has 0 unspecified atom stereocenters. The van der Waals surface area contributed by atoms with Crippen LogP contribution in [0.2, 0.25) is 0 Å². The van der Waals surface area contributed by atoms with E-state index in [1.165, 1.54) is 11.8 Å². The van der Waals surface area contributed by atoms with E-state index in [9.17, 15) is 0 Å². The van der Waals surface area contributed by atoms with Crippen LogP contribution in [0.1, 0.15) is 17.7 Å². The molecule has 4 heteroatoms. The summed E-state index contributed by atoms with van der Waals surface area (Å²) >= 11 is 0. The molecule has 13 heavy (non-hydrogen) atoms. The average molecular weight is 177 g/mol. The standard InChI is InChI=1S/C9H11N3O/c13-11-6-8-4-3-7-2-1-5-10-9(7)12-8/h3-4,6,13H,1-2,5H2,(H,10,12)/b11-6-. The van der Waals surface area contributed by atoms with E-state index in [2.05, 4.69) is 15.5 Å². The van der Waals surface area contributed by atoms with Gasteiger partial charge in [0.25, 0.3) is 0 Å². The molecule has 1 aliphatic heterocycles. The summed E-state index contributed by atoms with van der Waals surface area (Å²) in [5, 5.41) is 14.5. The van der Waals surface area contributed by atoms with Crippen molar-refractivity contribution in [1.82, 2.24) is 4.98 Å². The van der Waals surface area contributed by atoms with Crippen LogP contribution in [-0.2, 0) is 6.42 Å². The van der Waals surface area contributed by atoms with Crippen LogP contribution in [0.15, 0.2) is 17.3 Å². The number of fused-ring (bicyclic) bond motifs is 1. The highest BCUT2D eigenvalue weighted by Crippen LogP contribution is 2.18. The maximum Gasteiger partial charge on any atom is 0.129 e. The maximum absolute atomic E-state index is 8.33. The largest absolute Gasteiger partial charge is 0.411 e. The van der Waals surface area contributed by atoms with Crippen LogP contribution >= 0.6 is 0 Å². The molecule has 0 fully saturated rings. The third kappa shape index (κ3) is 1.61. The van der Waals surface area contributed by atoms with Crippen molar-refractivity contribution in [2.45, 2.75) is 12.8 Å². The van der Waals surface area contributed by atoms with Crippen molar-refractivity contribution in [2.24, 2.45) is 5.16 Å². The first-order valence-electron chi connectivity index (χ1n) is 4.31. The number of rotatable bonds is 1. The fourth-order valence-corrected chi connectivity index (χ4v) is 1.47. The zero-order chi connectivity index (χ0) is 9.10. The maximum atomic E-state index is 8.33. The monoisotopic (exact) mass is 177 g/mol. The summed E-state index contributed by atoms with van der Waals surface area (Å²) < 4.78 is 0. The highest BCUT2D eigenvalue weighted by molar-refractivity contribution is 5.77. The first-order chi connectivity index (χ1) is 6.40. The number of aryl methyl sites for hydroxylation is 1. The van der Waals surface area contributed by atoms with Gasteiger partial charge in [-0.05, 0) is 24.5 Å². The van der Waals surface area contributed by atoms with Gasteiger partial charge in [-0.1, -0.05) is 11.2 Å². The van der Waals surface area contributed by atoms with Crippen molar-refractivity contribution >= 4 is 12.0 Å². The molecule has 2 heterocycles. The Morgan fingerprint density at radius 3 is 3.31 bits per heavy atom. The minimum Gasteiger partial charge on any atom is -0.411 e. The first kappa shape index (κ1) is 8.04. The molecule has 2 N–H and O–H groups in total. The number of oxime groups is 1. The fraction of sp³-hybridized carbons (Fsp3) is 0.333. The Morgan fingerprint density at radius 1 is 1.54 bits per heavy atom. The van der Waals surface area contributed by atoms with Crippen LogP contribution in [0.5, 0.6) is 0 Å². The third-order valence-corrected chi connectivity index (χ3v) is 2.11. The van der Waals surface area contributed by atoms with Crippen molar-refractivity contribution in [3.8, 4) is 0 Å². The summed E-state index contributed by atoms with van der Waals surface area (Å²) in [4.78, 5) is 4.28. The predicted molar refractivity (Wildman–Crippen MR) is 50.4 cm³/mol. The van der Waals surface area contributed by atoms with Crippen LogP contribution in [-0.4, -0.2) is 23.0 Å². The highest BCUT2D eigenvalue weighted by atomic mass is 16.4. The van der Waals surface area contributed by atoms with E-state index < -0.39 is 0 Å². The number of aromatic nitrogens is 1. The molecule has 0 aromatic carbocycles. The lowest BCUT2D eigenvalue weighted by Crippen LogP contribution is -2.13. The second kappa shape index (κ2) is 3.43. The summed E-state index contributed by atoms with van der Waals surface area (Å²) in [6, 6.07) is 3.87. The molecule has 0 saturated heterocycles. The molecule has 0 atom stereocenters. The smallest absolute Gasteiger partial charge is 0.129 e. The molecule has 1 aromatic heterocycles. The van der Waals surface area contributed by atoms with Gasteiger partial charge in [0.2, 0.25) is 0 Å². The SMILES string of the molecule is O/N=C\c1ccc2c(n1)NCCC2. The van der Waals surface area contributed by atoms with Crippen molar-refractivity contribution < 1.29 is 5.21 Å². The molecule has 1 aliphatic rings. The molecule has 68 valence electrons. The Labute approximate surface area is 76.3 Å². The zero-order valence-corrected chi connectivity index (χ0v) is 7.20. The Balaban J connectivity index is 2.35. The Hall–Kier alpha value is -1.58. The van der Waals surface area contributed by atoms with Gasteiger partial charge in [0.05, 0.1) is 11.9 Å². The normalized spacial score (nSPS) is 15.4. The minimum absolute atomic E-state index is 0.677. The zero-order valence-electron chi connectivity index (χ0n) is 7.20. The third-order valence-electron chi connectivity index (χ3n) is 2.11. The molecule has 2 rings (SSSR count). The molecule has 0 amide bonds. The molecule has 0 spiro atoms. The molecular formula is C9H11N3O. The van der Waals surface area contributed by atoms with Crippen molar-refractivity contribution in [2.75, 3.05) is 11.9 Å². The number of hydrogen-bond acceptors (Lipinski definition) is 4. The lowest BCUT2D eigenvalue weighted by molar-refractivity contribution is 0.321. The van der Waals surface area contributed by atoms with Gasteiger partial charge in [-0.2, -0.15) is 0 Å². The Morgan fingerprint density at radius 2 is 2.46 bits per heavy atom. The van der Waals surface area contributed by atoms with Gasteiger partial charge in [-0.15, -0.1) is 0 Å². The topological polar surface area (TPSA) is 57.5 Å². The van der Waals surface area contributed by atoms with E-state index >= 15 is 0 Å². The number of nitrogens with one attached hydrogen (secondary N) is 1. The fourth-order valence-electron chi connectivity index (χ4n) is 1.47. The van der Waals surface area contributed by atoms with Gasteiger partial charge in [0.1, 0.15) is 5.82 Å². The van der Waals surface area contributed by atoms with E-state index in [1.54, 1.807) is 0 Å². The summed E-state index contributed by atoms with van der Waals surface area (Å²) in [5.41, 5.74) is 1.91. The van der Waals surface area contributed by atoms with Crippen LogP contribution in [0.25, 0.3) is 0 Å². The molecule has 0 radical (unpaired) electrons. The van der Waals surface area contributed by atoms with Gasteiger partial charge in [-0.3, -0.25) is 0 Å². The van der Waals surface area contributed by atoms with Crippen LogP contribution < -0.4 is 5.32 Å². The summed E-state index contributed by atoms with van der Waals surface area (Å²) in [5.74, 6) is 0.920. The molecular weight excluding hydrogens is 166 g/mol. The molecule has 4 nitrogen and oxygen atoms in total. The van der Waals surface area contributed by atoms with Gasteiger partial charge in [-0.25, -0.2) is 4.98 Å². The highest BCUT2D eigenvalue weighted by Gasteiger charge is 2.09. The summed E-state index contributed by atoms with van der Waals surface area (Å²) in [6.07, 6.45) is 3.56. The van der Waals surface area contributed by atoms with Crippen LogP contribution in [0, 0.1) is 0 Å². The molecule has 1 aromatic rings. The van der Waals surface area contributed by atoms with Gasteiger partial charge in [0, 0.05) is 6.54 Å². The number of anilines is 1. The number of hydrogen-bond donors (Lipinski definition) is 2. The van der Waals surface area contributed by atoms with Gasteiger partial charge in [0.15, 0.2) is 0 Å². The van der Waals surface area contributed by atoms with E-state index in [1.807, 2.05) is 12.1 Å². The van der Waals surface area contributed by atoms with Gasteiger partial charge < -0.3 is 10.5 Å². The van der Waals surface area contributed by atoms with Crippen molar-refractivity contribution in [3.05, 3.63) is 23.4 Å². The Bertz CT molecular complexity index is 336. The average Bonchev–Trinajstić information content (AvgIpc) is 2.18. The van der Waals surface area contributed by atoms with Gasteiger partial charge >= 0.3 is 0 Å². The van der Waals surface area contributed by atoms with E-state index in [0.717, 1.165) is 25.2 Å². The quantitative estimate of drug-likeness (QED) is 0.385. The van der Waals surface area contributed by atoms with Crippen molar-refractivity contribution in [3.63, 3.8) is 0 Å². The van der Waals surface area contributed by atoms with E-state index in [-0.39, 0.29) is 0 Å². The number of pyridine rings is 1. The lowest BCUT2D eigenvalue weighted by atomic mass is 10.1. The first-order valence-corrected chi connectivity index (χ1v) is 4.31. The predicted octanol–water partition coefficient (Wildman–Crippen LogP) is 1.25. The van der Waals surface area contributed by atoms with E-state index in [4.69, 9.17) is 5.21 Å². The van der Waals surface area contributed by atoms with Crippen molar-refractivity contribution in [1.29, 1.82) is 0 Å². The Kier molecular flexibility index (Phi) is 2.12. The van der Waals surface area contributed by atoms with Crippen LogP contribution in [0.4, 0.5) is 5.82 Å². The molecule has 0 aliphatic carbocycles.